The fourth-order valence-electron chi connectivity index (χ4n) is 5.78. The molecule has 2 saturated carbocycles. The summed E-state index contributed by atoms with van der Waals surface area (Å²) in [6.45, 7) is 4.47. The molecule has 1 aliphatic heterocycles. The molecule has 0 aromatic carbocycles. The first-order valence-electron chi connectivity index (χ1n) is 8.99. The van der Waals surface area contributed by atoms with Gasteiger partial charge in [-0.05, 0) is 61.7 Å². The summed E-state index contributed by atoms with van der Waals surface area (Å²) >= 11 is 0. The van der Waals surface area contributed by atoms with Crippen LogP contribution in [0, 0.1) is 29.6 Å². The maximum Gasteiger partial charge on any atom is 0.308 e. The van der Waals surface area contributed by atoms with Crippen molar-refractivity contribution in [2.24, 2.45) is 29.6 Å². The zero-order valence-electron chi connectivity index (χ0n) is 14.0. The highest BCUT2D eigenvalue weighted by Crippen LogP contribution is 2.62. The second kappa shape index (κ2) is 6.48. The predicted octanol–water partition coefficient (Wildman–Crippen LogP) is 2.78. The van der Waals surface area contributed by atoms with E-state index in [-0.39, 0.29) is 12.4 Å². The highest BCUT2D eigenvalue weighted by atomic mass is 16.5. The molecule has 2 aliphatic carbocycles. The van der Waals surface area contributed by atoms with Crippen molar-refractivity contribution in [2.45, 2.75) is 70.7 Å². The SMILES string of the molecule is CCC1OC(CC)C2C3CC(CC3CC(O)CC(=O)OC)C12. The van der Waals surface area contributed by atoms with Crippen LogP contribution < -0.4 is 0 Å². The predicted molar refractivity (Wildman–Crippen MR) is 83.2 cm³/mol. The molecule has 0 spiro atoms. The molecule has 22 heavy (non-hydrogen) atoms. The average Bonchev–Trinajstić information content (AvgIpc) is 3.16. The molecule has 8 atom stereocenters. The molecule has 8 unspecified atom stereocenters. The summed E-state index contributed by atoms with van der Waals surface area (Å²) in [5.41, 5.74) is 0. The molecule has 4 heteroatoms. The molecule has 1 saturated heterocycles. The minimum Gasteiger partial charge on any atom is -0.469 e. The van der Waals surface area contributed by atoms with Crippen LogP contribution in [-0.4, -0.2) is 36.5 Å². The lowest BCUT2D eigenvalue weighted by molar-refractivity contribution is -0.143. The first-order valence-corrected chi connectivity index (χ1v) is 8.99. The van der Waals surface area contributed by atoms with Gasteiger partial charge in [-0.2, -0.15) is 0 Å². The monoisotopic (exact) mass is 310 g/mol. The van der Waals surface area contributed by atoms with Crippen LogP contribution in [-0.2, 0) is 14.3 Å². The number of fused-ring (bicyclic) bond motifs is 5. The Hall–Kier alpha value is -0.610. The minimum atomic E-state index is -0.556. The van der Waals surface area contributed by atoms with E-state index >= 15 is 0 Å². The lowest BCUT2D eigenvalue weighted by atomic mass is 9.69. The zero-order valence-corrected chi connectivity index (χ0v) is 14.0. The third-order valence-corrected chi connectivity index (χ3v) is 6.49. The molecule has 1 N–H and O–H groups in total. The lowest BCUT2D eigenvalue weighted by Crippen LogP contribution is -2.34. The van der Waals surface area contributed by atoms with E-state index < -0.39 is 6.10 Å². The Morgan fingerprint density at radius 3 is 2.55 bits per heavy atom. The molecule has 3 rings (SSSR count). The van der Waals surface area contributed by atoms with Gasteiger partial charge in [0.2, 0.25) is 0 Å². The van der Waals surface area contributed by atoms with Crippen LogP contribution in [0.2, 0.25) is 0 Å². The number of hydrogen-bond donors (Lipinski definition) is 1. The largest absolute Gasteiger partial charge is 0.469 e. The third kappa shape index (κ3) is 2.69. The van der Waals surface area contributed by atoms with Crippen LogP contribution in [0.15, 0.2) is 0 Å². The molecular formula is C18H30O4. The van der Waals surface area contributed by atoms with Gasteiger partial charge in [-0.3, -0.25) is 4.79 Å². The van der Waals surface area contributed by atoms with Gasteiger partial charge in [0.15, 0.2) is 0 Å². The molecule has 3 aliphatic rings. The van der Waals surface area contributed by atoms with Gasteiger partial charge in [0.1, 0.15) is 0 Å². The van der Waals surface area contributed by atoms with Crippen molar-refractivity contribution in [1.82, 2.24) is 0 Å². The molecule has 4 nitrogen and oxygen atoms in total. The fourth-order valence-corrected chi connectivity index (χ4v) is 5.78. The highest BCUT2D eigenvalue weighted by molar-refractivity contribution is 5.69. The topological polar surface area (TPSA) is 55.8 Å². The molecule has 0 aromatic heterocycles. The number of methoxy groups -OCH3 is 1. The summed E-state index contributed by atoms with van der Waals surface area (Å²) in [6.07, 6.45) is 5.91. The van der Waals surface area contributed by atoms with Gasteiger partial charge >= 0.3 is 5.97 Å². The molecule has 1 heterocycles. The van der Waals surface area contributed by atoms with Crippen LogP contribution in [0.25, 0.3) is 0 Å². The first kappa shape index (κ1) is 16.3. The normalized spacial score (nSPS) is 44.1. The Labute approximate surface area is 133 Å². The molecule has 3 fully saturated rings. The summed E-state index contributed by atoms with van der Waals surface area (Å²) in [5.74, 6) is 3.13. The van der Waals surface area contributed by atoms with Gasteiger partial charge < -0.3 is 14.6 Å². The maximum atomic E-state index is 11.3. The molecule has 0 aromatic rings. The van der Waals surface area contributed by atoms with Gasteiger partial charge in [-0.25, -0.2) is 0 Å². The van der Waals surface area contributed by atoms with Gasteiger partial charge in [0.25, 0.3) is 0 Å². The van der Waals surface area contributed by atoms with Crippen LogP contribution >= 0.6 is 0 Å². The highest BCUT2D eigenvalue weighted by Gasteiger charge is 2.60. The average molecular weight is 310 g/mol. The Morgan fingerprint density at radius 1 is 1.23 bits per heavy atom. The summed E-state index contributed by atoms with van der Waals surface area (Å²) in [4.78, 5) is 11.3. The van der Waals surface area contributed by atoms with E-state index in [4.69, 9.17) is 4.74 Å². The lowest BCUT2D eigenvalue weighted by Gasteiger charge is -2.34. The van der Waals surface area contributed by atoms with Crippen molar-refractivity contribution < 1.29 is 19.4 Å². The molecule has 126 valence electrons. The second-order valence-corrected chi connectivity index (χ2v) is 7.51. The summed E-state index contributed by atoms with van der Waals surface area (Å²) in [5, 5.41) is 10.2. The van der Waals surface area contributed by atoms with Crippen molar-refractivity contribution in [1.29, 1.82) is 0 Å². The van der Waals surface area contributed by atoms with Crippen LogP contribution in [0.1, 0.15) is 52.4 Å². The molecule has 0 amide bonds. The van der Waals surface area contributed by atoms with E-state index in [2.05, 4.69) is 18.6 Å². The molecule has 0 radical (unpaired) electrons. The number of ether oxygens (including phenoxy) is 2. The fraction of sp³-hybridized carbons (Fsp3) is 0.944. The van der Waals surface area contributed by atoms with Crippen molar-refractivity contribution in [3.05, 3.63) is 0 Å². The molecular weight excluding hydrogens is 280 g/mol. The van der Waals surface area contributed by atoms with Crippen LogP contribution in [0.3, 0.4) is 0 Å². The van der Waals surface area contributed by atoms with E-state index in [1.165, 1.54) is 20.0 Å². The Bertz CT molecular complexity index is 410. The molecule has 2 bridgehead atoms. The van der Waals surface area contributed by atoms with E-state index in [1.54, 1.807) is 0 Å². The van der Waals surface area contributed by atoms with E-state index in [1.807, 2.05) is 0 Å². The number of hydrogen-bond acceptors (Lipinski definition) is 4. The number of aliphatic hydroxyl groups is 1. The maximum absolute atomic E-state index is 11.3. The smallest absolute Gasteiger partial charge is 0.308 e. The van der Waals surface area contributed by atoms with Crippen molar-refractivity contribution >= 4 is 5.97 Å². The van der Waals surface area contributed by atoms with Crippen molar-refractivity contribution in [3.8, 4) is 0 Å². The summed E-state index contributed by atoms with van der Waals surface area (Å²) < 4.78 is 11.0. The van der Waals surface area contributed by atoms with Crippen LogP contribution in [0.5, 0.6) is 0 Å². The van der Waals surface area contributed by atoms with E-state index in [0.717, 1.165) is 31.1 Å². The zero-order chi connectivity index (χ0) is 15.9. The van der Waals surface area contributed by atoms with Crippen molar-refractivity contribution in [3.63, 3.8) is 0 Å². The number of aliphatic hydroxyl groups excluding tert-OH is 1. The quantitative estimate of drug-likeness (QED) is 0.767. The number of esters is 1. The van der Waals surface area contributed by atoms with Crippen molar-refractivity contribution in [2.75, 3.05) is 7.11 Å². The summed E-state index contributed by atoms with van der Waals surface area (Å²) in [6, 6.07) is 0. The van der Waals surface area contributed by atoms with Crippen LogP contribution in [0.4, 0.5) is 0 Å². The van der Waals surface area contributed by atoms with E-state index in [0.29, 0.717) is 30.0 Å². The Kier molecular flexibility index (Phi) is 4.79. The van der Waals surface area contributed by atoms with Gasteiger partial charge in [-0.15, -0.1) is 0 Å². The van der Waals surface area contributed by atoms with E-state index in [9.17, 15) is 9.90 Å². The number of rotatable bonds is 6. The third-order valence-electron chi connectivity index (χ3n) is 6.49. The second-order valence-electron chi connectivity index (χ2n) is 7.51. The van der Waals surface area contributed by atoms with Gasteiger partial charge in [0.05, 0.1) is 31.8 Å². The first-order chi connectivity index (χ1) is 10.6. The Balaban J connectivity index is 1.64. The summed E-state index contributed by atoms with van der Waals surface area (Å²) in [7, 11) is 1.38. The standard InChI is InChI=1S/C18H30O4/c1-4-14-17-11-6-10(7-12(19)9-16(20)21-3)13(8-11)18(17)15(5-2)22-14/h10-15,17-19H,4-9H2,1-3H3. The number of carbonyl (C=O) groups is 1. The number of carbonyl (C=O) groups excluding carboxylic acids is 1. The minimum absolute atomic E-state index is 0.129. The van der Waals surface area contributed by atoms with Gasteiger partial charge in [-0.1, -0.05) is 13.8 Å². The Morgan fingerprint density at radius 2 is 1.91 bits per heavy atom. The van der Waals surface area contributed by atoms with Gasteiger partial charge in [0, 0.05) is 0 Å².